The van der Waals surface area contributed by atoms with Gasteiger partial charge in [0, 0.05) is 23.8 Å². The van der Waals surface area contributed by atoms with Crippen molar-refractivity contribution in [3.8, 4) is 0 Å². The molecular formula is C12H18BrN3. The Morgan fingerprint density at radius 3 is 2.56 bits per heavy atom. The molecule has 0 aromatic carbocycles. The summed E-state index contributed by atoms with van der Waals surface area (Å²) in [6.07, 6.45) is 3.11. The van der Waals surface area contributed by atoms with Gasteiger partial charge in [0.2, 0.25) is 0 Å². The third kappa shape index (κ3) is 2.48. The molecule has 2 atom stereocenters. The summed E-state index contributed by atoms with van der Waals surface area (Å²) in [5.41, 5.74) is 6.77. The van der Waals surface area contributed by atoms with Gasteiger partial charge in [-0.15, -0.1) is 0 Å². The second kappa shape index (κ2) is 4.62. The third-order valence-electron chi connectivity index (χ3n) is 3.03. The lowest BCUT2D eigenvalue weighted by atomic mass is 9.92. The Bertz CT molecular complexity index is 371. The molecule has 0 amide bonds. The summed E-state index contributed by atoms with van der Waals surface area (Å²) in [6, 6.07) is 1.92. The van der Waals surface area contributed by atoms with Gasteiger partial charge in [0.05, 0.1) is 5.69 Å². The van der Waals surface area contributed by atoms with Crippen LogP contribution in [0.5, 0.6) is 0 Å². The lowest BCUT2D eigenvalue weighted by Crippen LogP contribution is -2.39. The van der Waals surface area contributed by atoms with Gasteiger partial charge in [0.1, 0.15) is 0 Å². The lowest BCUT2D eigenvalue weighted by molar-refractivity contribution is 0.355. The zero-order valence-electron chi connectivity index (χ0n) is 9.78. The Morgan fingerprint density at radius 2 is 2.00 bits per heavy atom. The first-order valence-corrected chi connectivity index (χ1v) is 6.51. The summed E-state index contributed by atoms with van der Waals surface area (Å²) >= 11 is 3.38. The number of nitrogens with zero attached hydrogens (tertiary/aromatic N) is 2. The highest BCUT2D eigenvalue weighted by molar-refractivity contribution is 9.10. The molecule has 1 aromatic heterocycles. The summed E-state index contributed by atoms with van der Waals surface area (Å²) in [4.78, 5) is 6.73. The molecular weight excluding hydrogens is 266 g/mol. The first-order chi connectivity index (χ1) is 7.56. The standard InChI is InChI=1S/C12H18BrN3/c1-8-3-9(2)7-16(6-8)12-11(14)4-10(13)5-15-12/h4-5,8-9H,3,6-7,14H2,1-2H3. The van der Waals surface area contributed by atoms with Gasteiger partial charge >= 0.3 is 0 Å². The Labute approximate surface area is 105 Å². The van der Waals surface area contributed by atoms with Crippen LogP contribution < -0.4 is 10.6 Å². The summed E-state index contributed by atoms with van der Waals surface area (Å²) in [7, 11) is 0. The number of nitrogens with two attached hydrogens (primary N) is 1. The van der Waals surface area contributed by atoms with Crippen LogP contribution in [0.25, 0.3) is 0 Å². The summed E-state index contributed by atoms with van der Waals surface area (Å²) in [5, 5.41) is 0. The Hall–Kier alpha value is -0.770. The van der Waals surface area contributed by atoms with Crippen molar-refractivity contribution in [2.75, 3.05) is 23.7 Å². The predicted molar refractivity (Wildman–Crippen MR) is 71.5 cm³/mol. The van der Waals surface area contributed by atoms with Crippen LogP contribution in [-0.2, 0) is 0 Å². The maximum atomic E-state index is 6.01. The number of nitrogen functional groups attached to an aromatic ring is 1. The maximum Gasteiger partial charge on any atom is 0.151 e. The molecule has 1 aliphatic heterocycles. The van der Waals surface area contributed by atoms with Crippen LogP contribution >= 0.6 is 15.9 Å². The molecule has 4 heteroatoms. The fourth-order valence-corrected chi connectivity index (χ4v) is 2.90. The molecule has 0 radical (unpaired) electrons. The summed E-state index contributed by atoms with van der Waals surface area (Å²) in [6.45, 7) is 6.70. The fourth-order valence-electron chi connectivity index (χ4n) is 2.55. The van der Waals surface area contributed by atoms with Crippen LogP contribution in [-0.4, -0.2) is 18.1 Å². The SMILES string of the molecule is CC1CC(C)CN(c2ncc(Br)cc2N)C1. The number of hydrogen-bond acceptors (Lipinski definition) is 3. The second-order valence-electron chi connectivity index (χ2n) is 4.92. The molecule has 1 aromatic rings. The average Bonchev–Trinajstić information content (AvgIpc) is 2.15. The summed E-state index contributed by atoms with van der Waals surface area (Å²) in [5.74, 6) is 2.36. The van der Waals surface area contributed by atoms with Crippen LogP contribution in [0.3, 0.4) is 0 Å². The molecule has 2 unspecified atom stereocenters. The van der Waals surface area contributed by atoms with Crippen LogP contribution in [0.15, 0.2) is 16.7 Å². The number of anilines is 2. The van der Waals surface area contributed by atoms with E-state index in [9.17, 15) is 0 Å². The van der Waals surface area contributed by atoms with Gasteiger partial charge in [0.15, 0.2) is 5.82 Å². The largest absolute Gasteiger partial charge is 0.396 e. The molecule has 2 rings (SSSR count). The third-order valence-corrected chi connectivity index (χ3v) is 3.46. The minimum Gasteiger partial charge on any atom is -0.396 e. The van der Waals surface area contributed by atoms with E-state index in [4.69, 9.17) is 5.73 Å². The molecule has 2 N–H and O–H groups in total. The molecule has 88 valence electrons. The van der Waals surface area contributed by atoms with Crippen molar-refractivity contribution >= 4 is 27.4 Å². The van der Waals surface area contributed by atoms with Gasteiger partial charge in [-0.05, 0) is 40.3 Å². The first kappa shape index (κ1) is 11.7. The quantitative estimate of drug-likeness (QED) is 0.862. The van der Waals surface area contributed by atoms with E-state index in [-0.39, 0.29) is 0 Å². The van der Waals surface area contributed by atoms with Crippen molar-refractivity contribution in [2.45, 2.75) is 20.3 Å². The van der Waals surface area contributed by atoms with E-state index in [1.807, 2.05) is 12.3 Å². The lowest BCUT2D eigenvalue weighted by Gasteiger charge is -2.36. The number of rotatable bonds is 1. The minimum atomic E-state index is 0.716. The number of aromatic nitrogens is 1. The number of halogens is 1. The molecule has 1 saturated heterocycles. The number of hydrogen-bond donors (Lipinski definition) is 1. The van der Waals surface area contributed by atoms with Crippen LogP contribution in [0.4, 0.5) is 11.5 Å². The molecule has 0 saturated carbocycles. The van der Waals surface area contributed by atoms with Crippen molar-refractivity contribution < 1.29 is 0 Å². The van der Waals surface area contributed by atoms with E-state index >= 15 is 0 Å². The Morgan fingerprint density at radius 1 is 1.38 bits per heavy atom. The highest BCUT2D eigenvalue weighted by Crippen LogP contribution is 2.29. The highest BCUT2D eigenvalue weighted by Gasteiger charge is 2.23. The van der Waals surface area contributed by atoms with Gasteiger partial charge in [-0.3, -0.25) is 0 Å². The normalized spacial score (nSPS) is 25.8. The monoisotopic (exact) mass is 283 g/mol. The van der Waals surface area contributed by atoms with Crippen LogP contribution in [0.1, 0.15) is 20.3 Å². The highest BCUT2D eigenvalue weighted by atomic mass is 79.9. The molecule has 1 fully saturated rings. The maximum absolute atomic E-state index is 6.01. The van der Waals surface area contributed by atoms with E-state index < -0.39 is 0 Å². The van der Waals surface area contributed by atoms with E-state index in [0.29, 0.717) is 11.8 Å². The molecule has 2 heterocycles. The molecule has 0 bridgehead atoms. The molecule has 0 spiro atoms. The van der Waals surface area contributed by atoms with Gasteiger partial charge < -0.3 is 10.6 Å². The molecule has 16 heavy (non-hydrogen) atoms. The Balaban J connectivity index is 2.23. The van der Waals surface area contributed by atoms with E-state index in [2.05, 4.69) is 39.7 Å². The van der Waals surface area contributed by atoms with Gasteiger partial charge in [-0.25, -0.2) is 4.98 Å². The number of pyridine rings is 1. The smallest absolute Gasteiger partial charge is 0.151 e. The van der Waals surface area contributed by atoms with Crippen LogP contribution in [0, 0.1) is 11.8 Å². The molecule has 0 aliphatic carbocycles. The van der Waals surface area contributed by atoms with Crippen molar-refractivity contribution in [2.24, 2.45) is 11.8 Å². The van der Waals surface area contributed by atoms with Crippen molar-refractivity contribution in [1.82, 2.24) is 4.98 Å². The van der Waals surface area contributed by atoms with Gasteiger partial charge in [-0.1, -0.05) is 13.8 Å². The van der Waals surface area contributed by atoms with Crippen molar-refractivity contribution in [1.29, 1.82) is 0 Å². The van der Waals surface area contributed by atoms with Gasteiger partial charge in [0.25, 0.3) is 0 Å². The predicted octanol–water partition coefficient (Wildman–Crippen LogP) is 2.91. The second-order valence-corrected chi connectivity index (χ2v) is 5.83. The van der Waals surface area contributed by atoms with E-state index in [0.717, 1.165) is 29.1 Å². The topological polar surface area (TPSA) is 42.2 Å². The summed E-state index contributed by atoms with van der Waals surface area (Å²) < 4.78 is 0.937. The minimum absolute atomic E-state index is 0.716. The van der Waals surface area contributed by atoms with Crippen molar-refractivity contribution in [3.63, 3.8) is 0 Å². The number of piperidine rings is 1. The van der Waals surface area contributed by atoms with Gasteiger partial charge in [-0.2, -0.15) is 0 Å². The first-order valence-electron chi connectivity index (χ1n) is 5.72. The molecule has 1 aliphatic rings. The fraction of sp³-hybridized carbons (Fsp3) is 0.583. The zero-order chi connectivity index (χ0) is 11.7. The van der Waals surface area contributed by atoms with Crippen molar-refractivity contribution in [3.05, 3.63) is 16.7 Å². The van der Waals surface area contributed by atoms with E-state index in [1.54, 1.807) is 0 Å². The average molecular weight is 284 g/mol. The molecule has 3 nitrogen and oxygen atoms in total. The van der Waals surface area contributed by atoms with E-state index in [1.165, 1.54) is 6.42 Å². The Kier molecular flexibility index (Phi) is 3.38. The van der Waals surface area contributed by atoms with Crippen LogP contribution in [0.2, 0.25) is 0 Å². The zero-order valence-corrected chi connectivity index (χ0v) is 11.4.